The molecule has 0 spiro atoms. The highest BCUT2D eigenvalue weighted by atomic mass is 32.2. The van der Waals surface area contributed by atoms with Crippen molar-refractivity contribution in [1.82, 2.24) is 15.5 Å². The number of nitrogens with zero attached hydrogens (tertiary/aromatic N) is 1. The minimum Gasteiger partial charge on any atom is -0.379 e. The van der Waals surface area contributed by atoms with Crippen LogP contribution in [-0.2, 0) is 9.47 Å². The van der Waals surface area contributed by atoms with E-state index in [0.29, 0.717) is 6.54 Å². The fraction of sp³-hybridized carbons (Fsp3) is 0.938. The number of rotatable bonds is 5. The Morgan fingerprint density at radius 2 is 2.22 bits per heavy atom. The summed E-state index contributed by atoms with van der Waals surface area (Å²) in [5.74, 6) is 2.27. The first kappa shape index (κ1) is 17.3. The van der Waals surface area contributed by atoms with E-state index in [1.54, 1.807) is 0 Å². The van der Waals surface area contributed by atoms with Gasteiger partial charge in [-0.3, -0.25) is 4.90 Å². The first-order valence-electron chi connectivity index (χ1n) is 8.76. The zero-order valence-electron chi connectivity index (χ0n) is 14.0. The zero-order chi connectivity index (χ0) is 16.1. The molecule has 3 rings (SSSR count). The van der Waals surface area contributed by atoms with Gasteiger partial charge in [0, 0.05) is 37.5 Å². The van der Waals surface area contributed by atoms with Crippen molar-refractivity contribution in [3.63, 3.8) is 0 Å². The number of carbonyl (C=O) groups excluding carboxylic acids is 1. The van der Waals surface area contributed by atoms with E-state index < -0.39 is 0 Å². The maximum absolute atomic E-state index is 12.3. The van der Waals surface area contributed by atoms with Crippen LogP contribution in [0.2, 0.25) is 0 Å². The van der Waals surface area contributed by atoms with Gasteiger partial charge in [0.15, 0.2) is 0 Å². The highest BCUT2D eigenvalue weighted by Gasteiger charge is 2.41. The monoisotopic (exact) mass is 343 g/mol. The number of ether oxygens (including phenoxy) is 2. The van der Waals surface area contributed by atoms with Gasteiger partial charge in [-0.15, -0.1) is 0 Å². The summed E-state index contributed by atoms with van der Waals surface area (Å²) in [6.45, 7) is 7.09. The molecular formula is C16H29N3O3S. The third-order valence-corrected chi connectivity index (χ3v) is 6.46. The van der Waals surface area contributed by atoms with E-state index in [1.165, 1.54) is 5.75 Å². The lowest BCUT2D eigenvalue weighted by Gasteiger charge is -2.43. The Bertz CT molecular complexity index is 392. The van der Waals surface area contributed by atoms with E-state index in [2.05, 4.69) is 15.5 Å². The molecule has 0 aromatic carbocycles. The van der Waals surface area contributed by atoms with Gasteiger partial charge in [-0.1, -0.05) is 0 Å². The summed E-state index contributed by atoms with van der Waals surface area (Å²) < 4.78 is 11.1. The molecule has 3 heterocycles. The molecule has 23 heavy (non-hydrogen) atoms. The lowest BCUT2D eigenvalue weighted by molar-refractivity contribution is -0.0125. The van der Waals surface area contributed by atoms with Gasteiger partial charge >= 0.3 is 6.03 Å². The first-order chi connectivity index (χ1) is 11.2. The van der Waals surface area contributed by atoms with Gasteiger partial charge in [0.1, 0.15) is 0 Å². The third-order valence-electron chi connectivity index (χ3n) is 5.22. The van der Waals surface area contributed by atoms with E-state index in [0.717, 1.165) is 57.9 Å². The van der Waals surface area contributed by atoms with E-state index in [1.807, 2.05) is 18.7 Å². The van der Waals surface area contributed by atoms with Crippen molar-refractivity contribution in [2.24, 2.45) is 0 Å². The molecule has 3 atom stereocenters. The van der Waals surface area contributed by atoms with E-state index in [9.17, 15) is 4.79 Å². The molecule has 0 radical (unpaired) electrons. The third kappa shape index (κ3) is 4.32. The number of hydrogen-bond donors (Lipinski definition) is 2. The topological polar surface area (TPSA) is 62.8 Å². The van der Waals surface area contributed by atoms with Gasteiger partial charge in [-0.05, 0) is 31.9 Å². The standard InChI is InChI=1S/C16H29N3O3S/c1-13(14-3-2-7-22-14)18-15(20)17-11-16(4-10-23-12-16)19-5-8-21-9-6-19/h13-14H,2-12H2,1H3,(H2,17,18,20)/t13-,14-,16+/m0/s1. The van der Waals surface area contributed by atoms with Gasteiger partial charge in [-0.2, -0.15) is 11.8 Å². The quantitative estimate of drug-likeness (QED) is 0.782. The summed E-state index contributed by atoms with van der Waals surface area (Å²) in [5, 5.41) is 6.16. The van der Waals surface area contributed by atoms with Gasteiger partial charge in [0.2, 0.25) is 0 Å². The number of thioether (sulfide) groups is 1. The normalized spacial score (nSPS) is 33.5. The fourth-order valence-electron chi connectivity index (χ4n) is 3.73. The molecule has 3 aliphatic heterocycles. The molecule has 0 aromatic rings. The van der Waals surface area contributed by atoms with Crippen molar-refractivity contribution in [3.8, 4) is 0 Å². The molecule has 6 nitrogen and oxygen atoms in total. The van der Waals surface area contributed by atoms with Crippen molar-refractivity contribution < 1.29 is 14.3 Å². The predicted octanol–water partition coefficient (Wildman–Crippen LogP) is 1.06. The average molecular weight is 343 g/mol. The molecule has 3 fully saturated rings. The molecule has 7 heteroatoms. The molecular weight excluding hydrogens is 314 g/mol. The maximum Gasteiger partial charge on any atom is 0.315 e. The van der Waals surface area contributed by atoms with E-state index in [4.69, 9.17) is 9.47 Å². The molecule has 3 aliphatic rings. The average Bonchev–Trinajstić information content (AvgIpc) is 3.26. The van der Waals surface area contributed by atoms with Crippen LogP contribution in [0.25, 0.3) is 0 Å². The molecule has 0 bridgehead atoms. The number of hydrogen-bond acceptors (Lipinski definition) is 5. The smallest absolute Gasteiger partial charge is 0.315 e. The highest BCUT2D eigenvalue weighted by Crippen LogP contribution is 2.33. The van der Waals surface area contributed by atoms with Crippen LogP contribution in [0.15, 0.2) is 0 Å². The summed E-state index contributed by atoms with van der Waals surface area (Å²) in [7, 11) is 0. The van der Waals surface area contributed by atoms with Gasteiger partial charge < -0.3 is 20.1 Å². The first-order valence-corrected chi connectivity index (χ1v) is 9.92. The Labute approximate surface area is 143 Å². The zero-order valence-corrected chi connectivity index (χ0v) is 14.8. The second-order valence-electron chi connectivity index (χ2n) is 6.79. The highest BCUT2D eigenvalue weighted by molar-refractivity contribution is 7.99. The van der Waals surface area contributed by atoms with Crippen LogP contribution in [0.5, 0.6) is 0 Å². The van der Waals surface area contributed by atoms with Crippen LogP contribution >= 0.6 is 11.8 Å². The number of nitrogens with one attached hydrogen (secondary N) is 2. The second-order valence-corrected chi connectivity index (χ2v) is 7.90. The Kier molecular flexibility index (Phi) is 6.07. The van der Waals surface area contributed by atoms with Crippen LogP contribution in [0.1, 0.15) is 26.2 Å². The molecule has 132 valence electrons. The Balaban J connectivity index is 1.49. The van der Waals surface area contributed by atoms with Gasteiger partial charge in [0.25, 0.3) is 0 Å². The molecule has 2 N–H and O–H groups in total. The number of morpholine rings is 1. The molecule has 0 aromatic heterocycles. The molecule has 0 saturated carbocycles. The number of carbonyl (C=O) groups is 1. The number of urea groups is 1. The Hall–Kier alpha value is -0.500. The Morgan fingerprint density at radius 1 is 1.39 bits per heavy atom. The van der Waals surface area contributed by atoms with Crippen molar-refractivity contribution >= 4 is 17.8 Å². The predicted molar refractivity (Wildman–Crippen MR) is 92.0 cm³/mol. The van der Waals surface area contributed by atoms with E-state index >= 15 is 0 Å². The minimum absolute atomic E-state index is 0.0646. The van der Waals surface area contributed by atoms with Crippen LogP contribution in [0.3, 0.4) is 0 Å². The van der Waals surface area contributed by atoms with Crippen molar-refractivity contribution in [1.29, 1.82) is 0 Å². The summed E-state index contributed by atoms with van der Waals surface area (Å²) in [6.07, 6.45) is 3.43. The maximum atomic E-state index is 12.3. The minimum atomic E-state index is -0.0717. The summed E-state index contributed by atoms with van der Waals surface area (Å²) in [6, 6.07) is -0.00711. The second kappa shape index (κ2) is 8.05. The largest absolute Gasteiger partial charge is 0.379 e. The lowest BCUT2D eigenvalue weighted by atomic mass is 9.95. The van der Waals surface area contributed by atoms with Crippen molar-refractivity contribution in [3.05, 3.63) is 0 Å². The van der Waals surface area contributed by atoms with Crippen molar-refractivity contribution in [2.75, 3.05) is 51.0 Å². The fourth-order valence-corrected chi connectivity index (χ4v) is 5.20. The van der Waals surface area contributed by atoms with Gasteiger partial charge in [0.05, 0.1) is 25.4 Å². The molecule has 3 saturated heterocycles. The van der Waals surface area contributed by atoms with Crippen LogP contribution in [0, 0.1) is 0 Å². The SMILES string of the molecule is C[C@H](NC(=O)NC[C@]1(N2CCOCC2)CCSC1)[C@@H]1CCCO1. The summed E-state index contributed by atoms with van der Waals surface area (Å²) >= 11 is 1.99. The molecule has 2 amide bonds. The van der Waals surface area contributed by atoms with Crippen LogP contribution in [-0.4, -0.2) is 79.6 Å². The summed E-state index contributed by atoms with van der Waals surface area (Å²) in [5.41, 5.74) is 0.0961. The molecule has 0 unspecified atom stereocenters. The number of amides is 2. The lowest BCUT2D eigenvalue weighted by Crippen LogP contribution is -2.60. The summed E-state index contributed by atoms with van der Waals surface area (Å²) in [4.78, 5) is 14.8. The van der Waals surface area contributed by atoms with Crippen LogP contribution in [0.4, 0.5) is 4.79 Å². The van der Waals surface area contributed by atoms with Gasteiger partial charge in [-0.25, -0.2) is 4.79 Å². The van der Waals surface area contributed by atoms with Crippen LogP contribution < -0.4 is 10.6 Å². The molecule has 0 aliphatic carbocycles. The van der Waals surface area contributed by atoms with Crippen molar-refractivity contribution in [2.45, 2.75) is 43.9 Å². The Morgan fingerprint density at radius 3 is 2.87 bits per heavy atom. The van der Waals surface area contributed by atoms with E-state index in [-0.39, 0.29) is 23.7 Å².